The maximum atomic E-state index is 3.91. The average molecular weight is 195 g/mol. The van der Waals surface area contributed by atoms with Gasteiger partial charge in [0.05, 0.1) is 0 Å². The van der Waals surface area contributed by atoms with Crippen LogP contribution in [0.25, 0.3) is 0 Å². The van der Waals surface area contributed by atoms with Gasteiger partial charge in [-0.1, -0.05) is 39.0 Å². The first-order valence-electron chi connectivity index (χ1n) is 6.62. The molecule has 0 aliphatic heterocycles. The SMILES string of the molecule is C[C@@H]1CCC[C@H]1NC1CCCCCC1. The lowest BCUT2D eigenvalue weighted by Gasteiger charge is -2.24. The summed E-state index contributed by atoms with van der Waals surface area (Å²) in [5, 5.41) is 3.91. The topological polar surface area (TPSA) is 12.0 Å². The summed E-state index contributed by atoms with van der Waals surface area (Å²) in [5.41, 5.74) is 0. The summed E-state index contributed by atoms with van der Waals surface area (Å²) in [6.45, 7) is 2.42. The molecule has 2 atom stereocenters. The standard InChI is InChI=1S/C13H25N/c1-11-7-6-10-13(11)14-12-8-4-2-3-5-9-12/h11-14H,2-10H2,1H3/t11-,13-/m1/s1. The highest BCUT2D eigenvalue weighted by atomic mass is 15.0. The fraction of sp³-hybridized carbons (Fsp3) is 1.00. The molecule has 14 heavy (non-hydrogen) atoms. The van der Waals surface area contributed by atoms with E-state index in [2.05, 4.69) is 12.2 Å². The van der Waals surface area contributed by atoms with Crippen molar-refractivity contribution in [3.63, 3.8) is 0 Å². The Morgan fingerprint density at radius 1 is 0.786 bits per heavy atom. The van der Waals surface area contributed by atoms with Crippen LogP contribution in [-0.2, 0) is 0 Å². The van der Waals surface area contributed by atoms with Crippen molar-refractivity contribution >= 4 is 0 Å². The van der Waals surface area contributed by atoms with Crippen LogP contribution in [0.2, 0.25) is 0 Å². The first kappa shape index (κ1) is 10.5. The summed E-state index contributed by atoms with van der Waals surface area (Å²) in [7, 11) is 0. The van der Waals surface area contributed by atoms with Crippen LogP contribution in [0.1, 0.15) is 64.7 Å². The highest BCUT2D eigenvalue weighted by Crippen LogP contribution is 2.27. The molecular weight excluding hydrogens is 170 g/mol. The van der Waals surface area contributed by atoms with Gasteiger partial charge in [-0.2, -0.15) is 0 Å². The summed E-state index contributed by atoms with van der Waals surface area (Å²) >= 11 is 0. The Morgan fingerprint density at radius 3 is 2.07 bits per heavy atom. The van der Waals surface area contributed by atoms with Crippen LogP contribution in [0.5, 0.6) is 0 Å². The molecule has 0 aromatic heterocycles. The fourth-order valence-corrected chi connectivity index (χ4v) is 3.14. The van der Waals surface area contributed by atoms with Crippen LogP contribution < -0.4 is 5.32 Å². The molecule has 1 heteroatoms. The van der Waals surface area contributed by atoms with E-state index in [9.17, 15) is 0 Å². The van der Waals surface area contributed by atoms with Gasteiger partial charge in [0.15, 0.2) is 0 Å². The first-order chi connectivity index (χ1) is 6.86. The molecule has 0 saturated heterocycles. The number of hydrogen-bond donors (Lipinski definition) is 1. The molecule has 0 unspecified atom stereocenters. The minimum Gasteiger partial charge on any atom is -0.311 e. The molecule has 1 N–H and O–H groups in total. The van der Waals surface area contributed by atoms with Crippen molar-refractivity contribution in [1.29, 1.82) is 0 Å². The second-order valence-electron chi connectivity index (χ2n) is 5.37. The zero-order valence-corrected chi connectivity index (χ0v) is 9.60. The quantitative estimate of drug-likeness (QED) is 0.665. The lowest BCUT2D eigenvalue weighted by Crippen LogP contribution is -2.39. The molecule has 1 nitrogen and oxygen atoms in total. The Balaban J connectivity index is 1.77. The minimum atomic E-state index is 0.845. The molecule has 2 fully saturated rings. The van der Waals surface area contributed by atoms with E-state index >= 15 is 0 Å². The Bertz CT molecular complexity index is 159. The second-order valence-corrected chi connectivity index (χ2v) is 5.37. The Morgan fingerprint density at radius 2 is 1.50 bits per heavy atom. The predicted molar refractivity (Wildman–Crippen MR) is 61.4 cm³/mol. The molecule has 0 radical (unpaired) electrons. The first-order valence-corrected chi connectivity index (χ1v) is 6.62. The highest BCUT2D eigenvalue weighted by molar-refractivity contribution is 4.84. The van der Waals surface area contributed by atoms with Crippen LogP contribution in [0, 0.1) is 5.92 Å². The highest BCUT2D eigenvalue weighted by Gasteiger charge is 2.25. The van der Waals surface area contributed by atoms with Gasteiger partial charge in [0.2, 0.25) is 0 Å². The van der Waals surface area contributed by atoms with Gasteiger partial charge in [-0.15, -0.1) is 0 Å². The molecule has 2 saturated carbocycles. The normalized spacial score (nSPS) is 35.8. The smallest absolute Gasteiger partial charge is 0.00952 e. The maximum absolute atomic E-state index is 3.91. The summed E-state index contributed by atoms with van der Waals surface area (Å²) < 4.78 is 0. The molecule has 0 amide bonds. The van der Waals surface area contributed by atoms with Crippen LogP contribution in [0.4, 0.5) is 0 Å². The number of nitrogens with one attached hydrogen (secondary N) is 1. The summed E-state index contributed by atoms with van der Waals surface area (Å²) in [6.07, 6.45) is 13.0. The molecule has 2 rings (SSSR count). The molecular formula is C13H25N. The third-order valence-electron chi connectivity index (χ3n) is 4.17. The molecule has 0 aromatic rings. The van der Waals surface area contributed by atoms with Crippen molar-refractivity contribution in [3.05, 3.63) is 0 Å². The van der Waals surface area contributed by atoms with Gasteiger partial charge >= 0.3 is 0 Å². The Kier molecular flexibility index (Phi) is 3.86. The number of rotatable bonds is 2. The Labute approximate surface area is 88.7 Å². The summed E-state index contributed by atoms with van der Waals surface area (Å²) in [4.78, 5) is 0. The van der Waals surface area contributed by atoms with E-state index < -0.39 is 0 Å². The van der Waals surface area contributed by atoms with E-state index in [1.807, 2.05) is 0 Å². The molecule has 0 bridgehead atoms. The maximum Gasteiger partial charge on any atom is 0.00952 e. The van der Waals surface area contributed by atoms with Gasteiger partial charge in [0.25, 0.3) is 0 Å². The van der Waals surface area contributed by atoms with Gasteiger partial charge < -0.3 is 5.32 Å². The predicted octanol–water partition coefficient (Wildman–Crippen LogP) is 3.49. The van der Waals surface area contributed by atoms with Gasteiger partial charge in [0, 0.05) is 12.1 Å². The van der Waals surface area contributed by atoms with Crippen LogP contribution in [0.15, 0.2) is 0 Å². The van der Waals surface area contributed by atoms with E-state index in [0.29, 0.717) is 0 Å². The lowest BCUT2D eigenvalue weighted by molar-refractivity contribution is 0.349. The van der Waals surface area contributed by atoms with Crippen molar-refractivity contribution < 1.29 is 0 Å². The second kappa shape index (κ2) is 5.16. The van der Waals surface area contributed by atoms with Crippen molar-refractivity contribution in [1.82, 2.24) is 5.32 Å². The van der Waals surface area contributed by atoms with Gasteiger partial charge in [-0.05, 0) is 31.6 Å². The molecule has 2 aliphatic carbocycles. The van der Waals surface area contributed by atoms with E-state index in [-0.39, 0.29) is 0 Å². The summed E-state index contributed by atoms with van der Waals surface area (Å²) in [5.74, 6) is 0.929. The van der Waals surface area contributed by atoms with Crippen molar-refractivity contribution in [2.75, 3.05) is 0 Å². The largest absolute Gasteiger partial charge is 0.311 e. The van der Waals surface area contributed by atoms with E-state index in [4.69, 9.17) is 0 Å². The zero-order chi connectivity index (χ0) is 9.80. The van der Waals surface area contributed by atoms with Gasteiger partial charge in [-0.3, -0.25) is 0 Å². The van der Waals surface area contributed by atoms with Gasteiger partial charge in [-0.25, -0.2) is 0 Å². The van der Waals surface area contributed by atoms with E-state index in [0.717, 1.165) is 18.0 Å². The van der Waals surface area contributed by atoms with Crippen molar-refractivity contribution in [2.45, 2.75) is 76.8 Å². The van der Waals surface area contributed by atoms with Crippen molar-refractivity contribution in [2.24, 2.45) is 5.92 Å². The molecule has 0 aromatic carbocycles. The average Bonchev–Trinajstić information content (AvgIpc) is 2.44. The third-order valence-corrected chi connectivity index (χ3v) is 4.17. The van der Waals surface area contributed by atoms with Crippen LogP contribution >= 0.6 is 0 Å². The van der Waals surface area contributed by atoms with Gasteiger partial charge in [0.1, 0.15) is 0 Å². The molecule has 0 spiro atoms. The third kappa shape index (κ3) is 2.73. The molecule has 2 aliphatic rings. The lowest BCUT2D eigenvalue weighted by atomic mass is 10.0. The molecule has 0 heterocycles. The van der Waals surface area contributed by atoms with Crippen LogP contribution in [-0.4, -0.2) is 12.1 Å². The van der Waals surface area contributed by atoms with Crippen molar-refractivity contribution in [3.8, 4) is 0 Å². The van der Waals surface area contributed by atoms with E-state index in [1.54, 1.807) is 0 Å². The molecule has 82 valence electrons. The Hall–Kier alpha value is -0.0400. The monoisotopic (exact) mass is 195 g/mol. The van der Waals surface area contributed by atoms with Crippen LogP contribution in [0.3, 0.4) is 0 Å². The fourth-order valence-electron chi connectivity index (χ4n) is 3.14. The van der Waals surface area contributed by atoms with E-state index in [1.165, 1.54) is 57.8 Å². The zero-order valence-electron chi connectivity index (χ0n) is 9.60. The minimum absolute atomic E-state index is 0.845. The summed E-state index contributed by atoms with van der Waals surface area (Å²) in [6, 6.07) is 1.70. The number of hydrogen-bond acceptors (Lipinski definition) is 1.